The summed E-state index contributed by atoms with van der Waals surface area (Å²) in [5.74, 6) is 0.740. The molecule has 1 aromatic carbocycles. The highest BCUT2D eigenvalue weighted by Gasteiger charge is 2.08. The maximum atomic E-state index is 11.1. The minimum atomic E-state index is -0.0781. The molecule has 1 amide bonds. The molecule has 17 heavy (non-hydrogen) atoms. The van der Waals surface area contributed by atoms with E-state index in [0.29, 0.717) is 13.0 Å². The average molecular weight is 236 g/mol. The molecule has 0 aromatic heterocycles. The van der Waals surface area contributed by atoms with Gasteiger partial charge in [0.15, 0.2) is 0 Å². The zero-order valence-corrected chi connectivity index (χ0v) is 10.6. The van der Waals surface area contributed by atoms with Gasteiger partial charge in [-0.15, -0.1) is 0 Å². The largest absolute Gasteiger partial charge is 0.493 e. The molecule has 3 N–H and O–H groups in total. The van der Waals surface area contributed by atoms with Crippen molar-refractivity contribution in [3.63, 3.8) is 0 Å². The van der Waals surface area contributed by atoms with Gasteiger partial charge in [-0.05, 0) is 25.5 Å². The summed E-state index contributed by atoms with van der Waals surface area (Å²) in [7, 11) is 1.61. The van der Waals surface area contributed by atoms with E-state index in [-0.39, 0.29) is 11.9 Å². The molecule has 4 heteroatoms. The Morgan fingerprint density at radius 2 is 2.24 bits per heavy atom. The Morgan fingerprint density at radius 3 is 2.82 bits per heavy atom. The summed E-state index contributed by atoms with van der Waals surface area (Å²) in [5.41, 5.74) is 7.94. The number of amides is 1. The van der Waals surface area contributed by atoms with E-state index in [9.17, 15) is 4.79 Å². The van der Waals surface area contributed by atoms with Crippen LogP contribution in [0.3, 0.4) is 0 Å². The number of carbonyl (C=O) groups is 1. The zero-order chi connectivity index (χ0) is 12.8. The van der Waals surface area contributed by atoms with Gasteiger partial charge in [-0.2, -0.15) is 0 Å². The fourth-order valence-corrected chi connectivity index (χ4v) is 1.52. The standard InChI is InChI=1S/C13H20N2O2/c1-9-4-5-11(10(2)14)12(8-9)17-7-6-13(16)15-3/h4-5,8,10H,6-7,14H2,1-3H3,(H,15,16)/t10-/m0/s1. The molecule has 1 aromatic rings. The smallest absolute Gasteiger partial charge is 0.223 e. The van der Waals surface area contributed by atoms with E-state index in [1.54, 1.807) is 7.05 Å². The van der Waals surface area contributed by atoms with E-state index in [0.717, 1.165) is 16.9 Å². The summed E-state index contributed by atoms with van der Waals surface area (Å²) in [6, 6.07) is 5.84. The second-order valence-electron chi connectivity index (χ2n) is 4.10. The lowest BCUT2D eigenvalue weighted by atomic mass is 10.1. The van der Waals surface area contributed by atoms with Gasteiger partial charge in [-0.25, -0.2) is 0 Å². The lowest BCUT2D eigenvalue weighted by Gasteiger charge is -2.14. The molecule has 0 aliphatic carbocycles. The molecule has 0 radical (unpaired) electrons. The van der Waals surface area contributed by atoms with Gasteiger partial charge in [0.25, 0.3) is 0 Å². The number of nitrogens with one attached hydrogen (secondary N) is 1. The highest BCUT2D eigenvalue weighted by molar-refractivity contribution is 5.75. The summed E-state index contributed by atoms with van der Waals surface area (Å²) in [6.07, 6.45) is 0.350. The van der Waals surface area contributed by atoms with Gasteiger partial charge in [0, 0.05) is 18.7 Å². The molecule has 0 unspecified atom stereocenters. The number of carbonyl (C=O) groups excluding carboxylic acids is 1. The number of benzene rings is 1. The summed E-state index contributed by atoms with van der Waals surface area (Å²) in [6.45, 7) is 4.27. The minimum Gasteiger partial charge on any atom is -0.493 e. The average Bonchev–Trinajstić information content (AvgIpc) is 2.28. The highest BCUT2D eigenvalue weighted by Crippen LogP contribution is 2.25. The highest BCUT2D eigenvalue weighted by atomic mass is 16.5. The van der Waals surface area contributed by atoms with Gasteiger partial charge in [-0.3, -0.25) is 4.79 Å². The topological polar surface area (TPSA) is 64.3 Å². The van der Waals surface area contributed by atoms with Gasteiger partial charge >= 0.3 is 0 Å². The van der Waals surface area contributed by atoms with Crippen LogP contribution in [0.5, 0.6) is 5.75 Å². The van der Waals surface area contributed by atoms with Crippen LogP contribution in [0.4, 0.5) is 0 Å². The molecule has 0 fully saturated rings. The Balaban J connectivity index is 2.68. The summed E-state index contributed by atoms with van der Waals surface area (Å²) in [4.78, 5) is 11.1. The third kappa shape index (κ3) is 4.07. The summed E-state index contributed by atoms with van der Waals surface area (Å²) < 4.78 is 5.61. The lowest BCUT2D eigenvalue weighted by molar-refractivity contribution is -0.121. The molecule has 1 atom stereocenters. The van der Waals surface area contributed by atoms with Crippen molar-refractivity contribution in [3.05, 3.63) is 29.3 Å². The van der Waals surface area contributed by atoms with Crippen molar-refractivity contribution in [1.82, 2.24) is 5.32 Å². The summed E-state index contributed by atoms with van der Waals surface area (Å²) in [5, 5.41) is 2.56. The molecular formula is C13H20N2O2. The maximum Gasteiger partial charge on any atom is 0.223 e. The van der Waals surface area contributed by atoms with Crippen LogP contribution in [0.15, 0.2) is 18.2 Å². The van der Waals surface area contributed by atoms with Crippen molar-refractivity contribution in [3.8, 4) is 5.75 Å². The first-order valence-electron chi connectivity index (χ1n) is 5.74. The monoisotopic (exact) mass is 236 g/mol. The van der Waals surface area contributed by atoms with Gasteiger partial charge in [-0.1, -0.05) is 12.1 Å². The molecule has 0 heterocycles. The van der Waals surface area contributed by atoms with Crippen LogP contribution in [0.1, 0.15) is 30.5 Å². The number of ether oxygens (including phenoxy) is 1. The molecule has 94 valence electrons. The Hall–Kier alpha value is -1.55. The SMILES string of the molecule is CNC(=O)CCOc1cc(C)ccc1[C@H](C)N. The number of hydrogen-bond acceptors (Lipinski definition) is 3. The molecular weight excluding hydrogens is 216 g/mol. The van der Waals surface area contributed by atoms with Crippen LogP contribution in [-0.4, -0.2) is 19.6 Å². The number of hydrogen-bond donors (Lipinski definition) is 2. The van der Waals surface area contributed by atoms with Crippen molar-refractivity contribution in [1.29, 1.82) is 0 Å². The quantitative estimate of drug-likeness (QED) is 0.815. The Kier molecular flexibility index (Phi) is 4.97. The first-order valence-corrected chi connectivity index (χ1v) is 5.74. The van der Waals surface area contributed by atoms with Gasteiger partial charge in [0.05, 0.1) is 13.0 Å². The predicted octanol–water partition coefficient (Wildman–Crippen LogP) is 1.53. The Labute approximate surface area is 102 Å². The second-order valence-corrected chi connectivity index (χ2v) is 4.10. The third-order valence-corrected chi connectivity index (χ3v) is 2.53. The van der Waals surface area contributed by atoms with Crippen molar-refractivity contribution >= 4 is 5.91 Å². The van der Waals surface area contributed by atoms with Crippen molar-refractivity contribution in [2.24, 2.45) is 5.73 Å². The minimum absolute atomic E-state index is 0.0278. The predicted molar refractivity (Wildman–Crippen MR) is 68.0 cm³/mol. The molecule has 0 saturated carbocycles. The fraction of sp³-hybridized carbons (Fsp3) is 0.462. The van der Waals surface area contributed by atoms with Gasteiger partial charge < -0.3 is 15.8 Å². The number of aryl methyl sites for hydroxylation is 1. The van der Waals surface area contributed by atoms with E-state index in [2.05, 4.69) is 5.32 Å². The molecule has 0 spiro atoms. The van der Waals surface area contributed by atoms with E-state index in [4.69, 9.17) is 10.5 Å². The van der Waals surface area contributed by atoms with Crippen molar-refractivity contribution < 1.29 is 9.53 Å². The lowest BCUT2D eigenvalue weighted by Crippen LogP contribution is -2.20. The summed E-state index contributed by atoms with van der Waals surface area (Å²) >= 11 is 0. The molecule has 4 nitrogen and oxygen atoms in total. The maximum absolute atomic E-state index is 11.1. The van der Waals surface area contributed by atoms with Crippen molar-refractivity contribution in [2.75, 3.05) is 13.7 Å². The zero-order valence-electron chi connectivity index (χ0n) is 10.6. The Morgan fingerprint density at radius 1 is 1.53 bits per heavy atom. The van der Waals surface area contributed by atoms with Crippen LogP contribution in [0.2, 0.25) is 0 Å². The fourth-order valence-electron chi connectivity index (χ4n) is 1.52. The first kappa shape index (κ1) is 13.5. The van der Waals surface area contributed by atoms with Crippen molar-refractivity contribution in [2.45, 2.75) is 26.3 Å². The van der Waals surface area contributed by atoms with Crippen LogP contribution in [-0.2, 0) is 4.79 Å². The molecule has 1 rings (SSSR count). The molecule has 0 aliphatic rings. The Bertz CT molecular complexity index is 389. The van der Waals surface area contributed by atoms with E-state index in [1.807, 2.05) is 32.0 Å². The van der Waals surface area contributed by atoms with E-state index >= 15 is 0 Å². The van der Waals surface area contributed by atoms with Crippen LogP contribution in [0, 0.1) is 6.92 Å². The van der Waals surface area contributed by atoms with Gasteiger partial charge in [0.1, 0.15) is 5.75 Å². The first-order chi connectivity index (χ1) is 8.04. The van der Waals surface area contributed by atoms with Gasteiger partial charge in [0.2, 0.25) is 5.91 Å². The van der Waals surface area contributed by atoms with E-state index < -0.39 is 0 Å². The van der Waals surface area contributed by atoms with Crippen LogP contribution in [0.25, 0.3) is 0 Å². The van der Waals surface area contributed by atoms with Crippen LogP contribution < -0.4 is 15.8 Å². The number of rotatable bonds is 5. The second kappa shape index (κ2) is 6.25. The van der Waals surface area contributed by atoms with E-state index in [1.165, 1.54) is 0 Å². The molecule has 0 bridgehead atoms. The molecule has 0 aliphatic heterocycles. The normalized spacial score (nSPS) is 12.0. The third-order valence-electron chi connectivity index (χ3n) is 2.53. The number of nitrogens with two attached hydrogens (primary N) is 1. The molecule has 0 saturated heterocycles. The van der Waals surface area contributed by atoms with Crippen LogP contribution >= 0.6 is 0 Å².